The van der Waals surface area contributed by atoms with E-state index in [9.17, 15) is 0 Å². The van der Waals surface area contributed by atoms with Crippen LogP contribution in [-0.2, 0) is 0 Å². The highest BCUT2D eigenvalue weighted by Crippen LogP contribution is 2.22. The molecule has 0 aliphatic carbocycles. The average Bonchev–Trinajstić information content (AvgIpc) is 2.52. The first-order valence-corrected chi connectivity index (χ1v) is 7.93. The number of benzene rings is 2. The molecule has 1 atom stereocenters. The van der Waals surface area contributed by atoms with Crippen molar-refractivity contribution in [2.24, 2.45) is 5.73 Å². The fourth-order valence-electron chi connectivity index (χ4n) is 1.88. The van der Waals surface area contributed by atoms with Gasteiger partial charge in [0.1, 0.15) is 11.5 Å². The second-order valence-corrected chi connectivity index (χ2v) is 5.90. The SMILES string of the molecule is COc1ccc(OCCSc2cccc(C(C)N)c2)cc1. The van der Waals surface area contributed by atoms with E-state index in [1.54, 1.807) is 18.9 Å². The Bertz CT molecular complexity index is 555. The van der Waals surface area contributed by atoms with E-state index < -0.39 is 0 Å². The molecule has 2 aromatic rings. The van der Waals surface area contributed by atoms with Gasteiger partial charge < -0.3 is 15.2 Å². The first-order chi connectivity index (χ1) is 10.2. The third-order valence-electron chi connectivity index (χ3n) is 3.06. The van der Waals surface area contributed by atoms with Crippen LogP contribution in [0.4, 0.5) is 0 Å². The maximum Gasteiger partial charge on any atom is 0.119 e. The number of rotatable bonds is 7. The first kappa shape index (κ1) is 15.7. The van der Waals surface area contributed by atoms with Gasteiger partial charge in [-0.1, -0.05) is 12.1 Å². The molecule has 0 spiro atoms. The molecule has 4 heteroatoms. The van der Waals surface area contributed by atoms with Crippen molar-refractivity contribution < 1.29 is 9.47 Å². The van der Waals surface area contributed by atoms with Crippen molar-refractivity contribution in [1.29, 1.82) is 0 Å². The molecule has 0 heterocycles. The second kappa shape index (κ2) is 7.96. The summed E-state index contributed by atoms with van der Waals surface area (Å²) in [5.74, 6) is 2.60. The van der Waals surface area contributed by atoms with Crippen LogP contribution in [0.3, 0.4) is 0 Å². The van der Waals surface area contributed by atoms with Gasteiger partial charge in [0.15, 0.2) is 0 Å². The second-order valence-electron chi connectivity index (χ2n) is 4.73. The number of hydrogen-bond acceptors (Lipinski definition) is 4. The molecule has 0 aliphatic rings. The Morgan fingerprint density at radius 2 is 1.81 bits per heavy atom. The molecule has 0 saturated carbocycles. The van der Waals surface area contributed by atoms with Gasteiger partial charge in [-0.25, -0.2) is 0 Å². The normalized spacial score (nSPS) is 12.0. The van der Waals surface area contributed by atoms with Crippen molar-refractivity contribution >= 4 is 11.8 Å². The number of thioether (sulfide) groups is 1. The lowest BCUT2D eigenvalue weighted by molar-refractivity contribution is 0.342. The predicted molar refractivity (Wildman–Crippen MR) is 88.3 cm³/mol. The molecule has 3 nitrogen and oxygen atoms in total. The Kier molecular flexibility index (Phi) is 5.96. The highest BCUT2D eigenvalue weighted by molar-refractivity contribution is 7.99. The molecule has 0 aromatic heterocycles. The van der Waals surface area contributed by atoms with E-state index >= 15 is 0 Å². The Labute approximate surface area is 130 Å². The van der Waals surface area contributed by atoms with E-state index in [1.807, 2.05) is 37.3 Å². The third-order valence-corrected chi connectivity index (χ3v) is 4.02. The molecule has 0 amide bonds. The molecule has 0 saturated heterocycles. The number of hydrogen-bond donors (Lipinski definition) is 1. The molecule has 2 N–H and O–H groups in total. The van der Waals surface area contributed by atoms with Gasteiger partial charge in [0.25, 0.3) is 0 Å². The Morgan fingerprint density at radius 3 is 2.48 bits per heavy atom. The highest BCUT2D eigenvalue weighted by Gasteiger charge is 2.01. The van der Waals surface area contributed by atoms with Gasteiger partial charge in [-0.2, -0.15) is 0 Å². The zero-order chi connectivity index (χ0) is 15.1. The Morgan fingerprint density at radius 1 is 1.10 bits per heavy atom. The summed E-state index contributed by atoms with van der Waals surface area (Å²) in [5.41, 5.74) is 7.06. The van der Waals surface area contributed by atoms with Crippen LogP contribution in [0.2, 0.25) is 0 Å². The molecule has 0 radical (unpaired) electrons. The highest BCUT2D eigenvalue weighted by atomic mass is 32.2. The summed E-state index contributed by atoms with van der Waals surface area (Å²) in [6.45, 7) is 2.66. The molecule has 1 unspecified atom stereocenters. The summed E-state index contributed by atoms with van der Waals surface area (Å²) >= 11 is 1.77. The van der Waals surface area contributed by atoms with Crippen molar-refractivity contribution in [3.8, 4) is 11.5 Å². The third kappa shape index (κ3) is 4.99. The smallest absolute Gasteiger partial charge is 0.119 e. The zero-order valence-corrected chi connectivity index (χ0v) is 13.2. The predicted octanol–water partition coefficient (Wildman–Crippen LogP) is 3.89. The fourth-order valence-corrected chi connectivity index (χ4v) is 2.68. The summed E-state index contributed by atoms with van der Waals surface area (Å²) in [4.78, 5) is 1.23. The lowest BCUT2D eigenvalue weighted by Gasteiger charge is -2.09. The van der Waals surface area contributed by atoms with Crippen LogP contribution in [0.25, 0.3) is 0 Å². The van der Waals surface area contributed by atoms with E-state index in [0.29, 0.717) is 6.61 Å². The van der Waals surface area contributed by atoms with Gasteiger partial charge in [0, 0.05) is 16.7 Å². The Hall–Kier alpha value is -1.65. The van der Waals surface area contributed by atoms with Crippen molar-refractivity contribution in [1.82, 2.24) is 0 Å². The van der Waals surface area contributed by atoms with Crippen LogP contribution in [0.15, 0.2) is 53.4 Å². The molecule has 2 rings (SSSR count). The van der Waals surface area contributed by atoms with Crippen LogP contribution in [0.5, 0.6) is 11.5 Å². The number of nitrogens with two attached hydrogens (primary N) is 1. The standard InChI is InChI=1S/C17H21NO2S/c1-13(18)14-4-3-5-17(12-14)21-11-10-20-16-8-6-15(19-2)7-9-16/h3-9,12-13H,10-11,18H2,1-2H3. The van der Waals surface area contributed by atoms with E-state index in [1.165, 1.54) is 4.90 Å². The number of ether oxygens (including phenoxy) is 2. The molecule has 2 aromatic carbocycles. The van der Waals surface area contributed by atoms with Crippen LogP contribution in [0, 0.1) is 0 Å². The first-order valence-electron chi connectivity index (χ1n) is 6.94. The molecular formula is C17H21NO2S. The van der Waals surface area contributed by atoms with Crippen molar-refractivity contribution in [3.63, 3.8) is 0 Å². The van der Waals surface area contributed by atoms with E-state index in [0.717, 1.165) is 22.8 Å². The van der Waals surface area contributed by atoms with Crippen molar-refractivity contribution in [2.45, 2.75) is 17.9 Å². The molecule has 0 aliphatic heterocycles. The van der Waals surface area contributed by atoms with Crippen LogP contribution < -0.4 is 15.2 Å². The van der Waals surface area contributed by atoms with Crippen LogP contribution in [0.1, 0.15) is 18.5 Å². The summed E-state index contributed by atoms with van der Waals surface area (Å²) in [6, 6.07) is 16.0. The maximum atomic E-state index is 5.89. The topological polar surface area (TPSA) is 44.5 Å². The summed E-state index contributed by atoms with van der Waals surface area (Å²) in [6.07, 6.45) is 0. The number of methoxy groups -OCH3 is 1. The summed E-state index contributed by atoms with van der Waals surface area (Å²) in [5, 5.41) is 0. The summed E-state index contributed by atoms with van der Waals surface area (Å²) < 4.78 is 10.8. The minimum Gasteiger partial charge on any atom is -0.497 e. The molecule has 0 fully saturated rings. The lowest BCUT2D eigenvalue weighted by atomic mass is 10.1. The van der Waals surface area contributed by atoms with Gasteiger partial charge in [0.2, 0.25) is 0 Å². The zero-order valence-electron chi connectivity index (χ0n) is 12.4. The largest absolute Gasteiger partial charge is 0.497 e. The quantitative estimate of drug-likeness (QED) is 0.622. The van der Waals surface area contributed by atoms with E-state index in [4.69, 9.17) is 15.2 Å². The van der Waals surface area contributed by atoms with Crippen molar-refractivity contribution in [2.75, 3.05) is 19.5 Å². The van der Waals surface area contributed by atoms with Crippen molar-refractivity contribution in [3.05, 3.63) is 54.1 Å². The van der Waals surface area contributed by atoms with Gasteiger partial charge in [-0.3, -0.25) is 0 Å². The minimum absolute atomic E-state index is 0.0705. The average molecular weight is 303 g/mol. The molecular weight excluding hydrogens is 282 g/mol. The van der Waals surface area contributed by atoms with Crippen LogP contribution in [-0.4, -0.2) is 19.5 Å². The lowest BCUT2D eigenvalue weighted by Crippen LogP contribution is -2.04. The summed E-state index contributed by atoms with van der Waals surface area (Å²) in [7, 11) is 1.66. The minimum atomic E-state index is 0.0705. The fraction of sp³-hybridized carbons (Fsp3) is 0.294. The van der Waals surface area contributed by atoms with Gasteiger partial charge in [0.05, 0.1) is 13.7 Å². The van der Waals surface area contributed by atoms with Gasteiger partial charge in [-0.15, -0.1) is 11.8 Å². The Balaban J connectivity index is 1.77. The van der Waals surface area contributed by atoms with Gasteiger partial charge >= 0.3 is 0 Å². The molecule has 21 heavy (non-hydrogen) atoms. The van der Waals surface area contributed by atoms with Gasteiger partial charge in [-0.05, 0) is 48.9 Å². The van der Waals surface area contributed by atoms with E-state index in [2.05, 4.69) is 18.2 Å². The molecule has 0 bridgehead atoms. The molecule has 112 valence electrons. The monoisotopic (exact) mass is 303 g/mol. The maximum absolute atomic E-state index is 5.89. The van der Waals surface area contributed by atoms with E-state index in [-0.39, 0.29) is 6.04 Å². The van der Waals surface area contributed by atoms with Crippen LogP contribution >= 0.6 is 11.8 Å².